The first kappa shape index (κ1) is 23.2. The number of carbonyl (C=O) groups excluding carboxylic acids is 1. The zero-order valence-electron chi connectivity index (χ0n) is 17.7. The summed E-state index contributed by atoms with van der Waals surface area (Å²) in [5, 5.41) is 6.54. The van der Waals surface area contributed by atoms with Crippen LogP contribution in [-0.4, -0.2) is 35.0 Å². The fourth-order valence-corrected chi connectivity index (χ4v) is 5.16. The summed E-state index contributed by atoms with van der Waals surface area (Å²) in [5.41, 5.74) is 13.2. The minimum atomic E-state index is -0.603. The molecule has 1 aromatic rings. The molecule has 1 aromatic heterocycles. The Morgan fingerprint density at radius 3 is 2.90 bits per heavy atom. The van der Waals surface area contributed by atoms with Crippen molar-refractivity contribution in [1.29, 1.82) is 0 Å². The fourth-order valence-electron chi connectivity index (χ4n) is 5.02. The lowest BCUT2D eigenvalue weighted by Crippen LogP contribution is -2.47. The van der Waals surface area contributed by atoms with Crippen LogP contribution in [0.4, 0.5) is 10.2 Å². The van der Waals surface area contributed by atoms with E-state index in [4.69, 9.17) is 23.1 Å². The van der Waals surface area contributed by atoms with E-state index in [9.17, 15) is 9.18 Å². The maximum atomic E-state index is 14.2. The van der Waals surface area contributed by atoms with Gasteiger partial charge in [-0.1, -0.05) is 18.2 Å². The maximum absolute atomic E-state index is 14.2. The molecule has 0 aromatic carbocycles. The molecule has 1 heterocycles. The van der Waals surface area contributed by atoms with Gasteiger partial charge in [0.15, 0.2) is 11.6 Å². The van der Waals surface area contributed by atoms with Crippen LogP contribution in [0.15, 0.2) is 42.3 Å². The van der Waals surface area contributed by atoms with Crippen molar-refractivity contribution in [3.05, 3.63) is 53.4 Å². The zero-order valence-corrected chi connectivity index (χ0v) is 18.4. The van der Waals surface area contributed by atoms with E-state index in [1.54, 1.807) is 0 Å². The Hall–Kier alpha value is -2.45. The summed E-state index contributed by atoms with van der Waals surface area (Å²) >= 11 is 5.81. The van der Waals surface area contributed by atoms with Crippen LogP contribution in [-0.2, 0) is 4.79 Å². The smallest absolute Gasteiger partial charge is 0.224 e. The predicted octanol–water partition coefficient (Wildman–Crippen LogP) is 2.76. The van der Waals surface area contributed by atoms with Crippen LogP contribution in [0.25, 0.3) is 0 Å². The summed E-state index contributed by atoms with van der Waals surface area (Å²) in [6.07, 6.45) is 9.21. The lowest BCUT2D eigenvalue weighted by Gasteiger charge is -2.35. The number of rotatable bonds is 10. The van der Waals surface area contributed by atoms with E-state index < -0.39 is 5.82 Å². The van der Waals surface area contributed by atoms with Crippen LogP contribution in [0.1, 0.15) is 26.2 Å². The first-order chi connectivity index (χ1) is 14.8. The van der Waals surface area contributed by atoms with Gasteiger partial charge in [0.25, 0.3) is 0 Å². The molecule has 3 rings (SSSR count). The number of allylic oxidation sites excluding steroid dienone is 3. The van der Waals surface area contributed by atoms with E-state index in [0.717, 1.165) is 44.1 Å². The Kier molecular flexibility index (Phi) is 7.67. The molecule has 9 heteroatoms. The number of amides is 1. The molecule has 2 bridgehead atoms. The summed E-state index contributed by atoms with van der Waals surface area (Å²) in [5.74, 6) is -0.573. The van der Waals surface area contributed by atoms with Crippen LogP contribution in [0, 0.1) is 29.5 Å². The van der Waals surface area contributed by atoms with Gasteiger partial charge in [-0.05, 0) is 80.8 Å². The molecule has 6 N–H and O–H groups in total. The van der Waals surface area contributed by atoms with Crippen molar-refractivity contribution >= 4 is 23.3 Å². The van der Waals surface area contributed by atoms with Crippen LogP contribution in [0.2, 0.25) is 5.28 Å². The first-order valence-electron chi connectivity index (χ1n) is 10.5. The number of aromatic nitrogens is 2. The van der Waals surface area contributed by atoms with Gasteiger partial charge in [0.1, 0.15) is 0 Å². The Labute approximate surface area is 187 Å². The Morgan fingerprint density at radius 1 is 1.42 bits per heavy atom. The number of halogens is 2. The summed E-state index contributed by atoms with van der Waals surface area (Å²) < 4.78 is 14.2. The third-order valence-electron chi connectivity index (χ3n) is 6.25. The lowest BCUT2D eigenvalue weighted by atomic mass is 9.77. The quantitative estimate of drug-likeness (QED) is 0.248. The Morgan fingerprint density at radius 2 is 2.19 bits per heavy atom. The van der Waals surface area contributed by atoms with Gasteiger partial charge in [-0.25, -0.2) is 9.37 Å². The number of anilines is 1. The number of nitrogens with two attached hydrogens (primary N) is 2. The Bertz CT molecular complexity index is 889. The summed E-state index contributed by atoms with van der Waals surface area (Å²) in [7, 11) is 0. The third kappa shape index (κ3) is 5.62. The van der Waals surface area contributed by atoms with Gasteiger partial charge >= 0.3 is 0 Å². The van der Waals surface area contributed by atoms with E-state index in [0.29, 0.717) is 11.6 Å². The molecule has 2 aliphatic rings. The van der Waals surface area contributed by atoms with E-state index in [-0.39, 0.29) is 40.8 Å². The molecule has 2 fully saturated rings. The molecule has 2 saturated carbocycles. The highest BCUT2D eigenvalue weighted by molar-refractivity contribution is 6.28. The minimum absolute atomic E-state index is 0.0114. The number of carbonyl (C=O) groups is 1. The predicted molar refractivity (Wildman–Crippen MR) is 121 cm³/mol. The lowest BCUT2D eigenvalue weighted by molar-refractivity contribution is -0.123. The van der Waals surface area contributed by atoms with Crippen molar-refractivity contribution < 1.29 is 9.18 Å². The second-order valence-electron chi connectivity index (χ2n) is 8.35. The topological polar surface area (TPSA) is 119 Å². The normalized spacial score (nSPS) is 27.7. The highest BCUT2D eigenvalue weighted by Crippen LogP contribution is 2.52. The number of primary amides is 1. The molecular weight excluding hydrogens is 419 g/mol. The molecular formula is C22H30ClFN6O. The molecule has 0 aliphatic heterocycles. The van der Waals surface area contributed by atoms with Crippen LogP contribution in [0.3, 0.4) is 0 Å². The van der Waals surface area contributed by atoms with Crippen LogP contribution >= 0.6 is 11.6 Å². The minimum Gasteiger partial charge on any atom is -0.399 e. The molecule has 0 unspecified atom stereocenters. The molecule has 0 radical (unpaired) electrons. The number of nitrogens with zero attached hydrogens (tertiary/aromatic N) is 2. The van der Waals surface area contributed by atoms with Crippen LogP contribution < -0.4 is 22.1 Å². The van der Waals surface area contributed by atoms with Gasteiger partial charge in [0.05, 0.1) is 12.1 Å². The highest BCUT2D eigenvalue weighted by Gasteiger charge is 2.54. The molecule has 5 atom stereocenters. The SMILES string of the molecule is C=C(/C=C(N)\C=C/C)CCNC[C@@H]1C[C@@H]2C[C@H]1[C@@H](Nc1nc(Cl)ncc1F)[C@H]2C(N)=O. The van der Waals surface area contributed by atoms with Crippen molar-refractivity contribution in [2.24, 2.45) is 35.1 Å². The van der Waals surface area contributed by atoms with Gasteiger partial charge < -0.3 is 22.1 Å². The fraction of sp³-hybridized carbons (Fsp3) is 0.500. The van der Waals surface area contributed by atoms with Crippen molar-refractivity contribution in [2.45, 2.75) is 32.2 Å². The van der Waals surface area contributed by atoms with Crippen molar-refractivity contribution in [1.82, 2.24) is 15.3 Å². The number of nitrogens with one attached hydrogen (secondary N) is 2. The average Bonchev–Trinajstić information content (AvgIpc) is 3.26. The number of hydrogen-bond acceptors (Lipinski definition) is 6. The van der Waals surface area contributed by atoms with Gasteiger partial charge in [0.2, 0.25) is 11.2 Å². The monoisotopic (exact) mass is 448 g/mol. The standard InChI is InChI=1S/C22H30ClFN6O/c1-3-4-15(25)7-12(2)5-6-27-10-14-8-13-9-16(14)19(18(13)20(26)31)29-21-17(24)11-28-22(23)30-21/h3-4,7,11,13-14,16,18-19,27H,2,5-6,8-10,25H2,1H3,(H2,26,31)(H,28,29,30)/b4-3-,15-7+/t13-,14+,16-,18+,19-/m1/s1. The number of fused-ring (bicyclic) bond motifs is 2. The van der Waals surface area contributed by atoms with Gasteiger partial charge in [0, 0.05) is 11.7 Å². The average molecular weight is 449 g/mol. The number of hydrogen-bond donors (Lipinski definition) is 4. The molecule has 0 spiro atoms. The highest BCUT2D eigenvalue weighted by atomic mass is 35.5. The molecule has 168 valence electrons. The molecule has 0 saturated heterocycles. The maximum Gasteiger partial charge on any atom is 0.224 e. The second kappa shape index (κ2) is 10.2. The molecule has 2 aliphatic carbocycles. The first-order valence-corrected chi connectivity index (χ1v) is 10.9. The van der Waals surface area contributed by atoms with Crippen molar-refractivity contribution in [3.8, 4) is 0 Å². The molecule has 1 amide bonds. The van der Waals surface area contributed by atoms with Crippen LogP contribution in [0.5, 0.6) is 0 Å². The summed E-state index contributed by atoms with van der Waals surface area (Å²) in [4.78, 5) is 19.7. The van der Waals surface area contributed by atoms with Gasteiger partial charge in [-0.3, -0.25) is 4.79 Å². The zero-order chi connectivity index (χ0) is 22.5. The van der Waals surface area contributed by atoms with Gasteiger partial charge in [-0.15, -0.1) is 0 Å². The van der Waals surface area contributed by atoms with E-state index in [2.05, 4.69) is 27.2 Å². The second-order valence-corrected chi connectivity index (χ2v) is 8.68. The summed E-state index contributed by atoms with van der Waals surface area (Å²) in [6.45, 7) is 7.54. The molecule has 7 nitrogen and oxygen atoms in total. The van der Waals surface area contributed by atoms with Gasteiger partial charge in [-0.2, -0.15) is 4.98 Å². The third-order valence-corrected chi connectivity index (χ3v) is 6.43. The van der Waals surface area contributed by atoms with E-state index >= 15 is 0 Å². The van der Waals surface area contributed by atoms with E-state index in [1.165, 1.54) is 0 Å². The Balaban J connectivity index is 1.58. The van der Waals surface area contributed by atoms with Crippen molar-refractivity contribution in [2.75, 3.05) is 18.4 Å². The largest absolute Gasteiger partial charge is 0.399 e. The summed E-state index contributed by atoms with van der Waals surface area (Å²) in [6, 6.07) is -0.276. The molecule has 31 heavy (non-hydrogen) atoms. The van der Waals surface area contributed by atoms with Crippen molar-refractivity contribution in [3.63, 3.8) is 0 Å². The van der Waals surface area contributed by atoms with E-state index in [1.807, 2.05) is 25.2 Å².